The number of fused-ring (bicyclic) bond motifs is 5. The molecule has 3 rings (SSSR count). The Labute approximate surface area is 99.4 Å². The van der Waals surface area contributed by atoms with E-state index in [0.717, 1.165) is 12.8 Å². The number of carbonyl (C=O) groups excluding carboxylic acids is 2. The van der Waals surface area contributed by atoms with E-state index in [9.17, 15) is 9.59 Å². The lowest BCUT2D eigenvalue weighted by atomic mass is 9.64. The molecule has 0 aromatic carbocycles. The number of carbonyl (C=O) groups is 2. The molecule has 0 aliphatic carbocycles. The predicted octanol–water partition coefficient (Wildman–Crippen LogP) is 0.660. The molecule has 4 atom stereocenters. The first-order valence-corrected chi connectivity index (χ1v) is 5.97. The van der Waals surface area contributed by atoms with E-state index in [1.54, 1.807) is 0 Å². The van der Waals surface area contributed by atoms with Gasteiger partial charge < -0.3 is 14.2 Å². The molecule has 0 amide bonds. The maximum atomic E-state index is 11.8. The minimum atomic E-state index is -0.543. The Morgan fingerprint density at radius 3 is 3.06 bits per heavy atom. The van der Waals surface area contributed by atoms with Gasteiger partial charge in [-0.15, -0.1) is 0 Å². The van der Waals surface area contributed by atoms with Crippen LogP contribution in [0.25, 0.3) is 0 Å². The van der Waals surface area contributed by atoms with Crippen molar-refractivity contribution in [2.75, 3.05) is 13.2 Å². The van der Waals surface area contributed by atoms with Crippen molar-refractivity contribution in [2.24, 2.45) is 11.3 Å². The third kappa shape index (κ3) is 1.23. The van der Waals surface area contributed by atoms with Gasteiger partial charge in [-0.1, -0.05) is 0 Å². The van der Waals surface area contributed by atoms with Crippen LogP contribution in [0.5, 0.6) is 0 Å². The van der Waals surface area contributed by atoms with Gasteiger partial charge in [0.05, 0.1) is 12.7 Å². The van der Waals surface area contributed by atoms with Gasteiger partial charge >= 0.3 is 11.9 Å². The minimum Gasteiger partial charge on any atom is -0.465 e. The Morgan fingerprint density at radius 1 is 1.59 bits per heavy atom. The van der Waals surface area contributed by atoms with Crippen LogP contribution in [0.1, 0.15) is 26.7 Å². The van der Waals surface area contributed by atoms with E-state index in [1.165, 1.54) is 6.92 Å². The molecule has 0 spiro atoms. The molecule has 3 aliphatic heterocycles. The zero-order valence-corrected chi connectivity index (χ0v) is 10.0. The molecule has 3 aliphatic rings. The van der Waals surface area contributed by atoms with Crippen molar-refractivity contribution in [2.45, 2.75) is 38.4 Å². The van der Waals surface area contributed by atoms with Crippen LogP contribution in [0.15, 0.2) is 0 Å². The zero-order chi connectivity index (χ0) is 12.3. The smallest absolute Gasteiger partial charge is 0.314 e. The lowest BCUT2D eigenvalue weighted by molar-refractivity contribution is -0.155. The summed E-state index contributed by atoms with van der Waals surface area (Å²) in [5.41, 5.74) is -1.05. The molecule has 0 radical (unpaired) electrons. The standard InChI is InChI=1S/C12H16O5/c1-7(13)16-6-12-4-3-9(17-12)11(2)8(12)5-15-10(11)14/h8-9H,3-6H2,1-2H3/t8-,9-,11+,12-/m0/s1. The number of cyclic esters (lactones) is 1. The van der Waals surface area contributed by atoms with Crippen molar-refractivity contribution in [1.29, 1.82) is 0 Å². The summed E-state index contributed by atoms with van der Waals surface area (Å²) in [5, 5.41) is 0. The molecule has 5 heteroatoms. The number of ether oxygens (including phenoxy) is 3. The molecule has 0 saturated carbocycles. The number of esters is 2. The number of hydrogen-bond donors (Lipinski definition) is 0. The van der Waals surface area contributed by atoms with Crippen LogP contribution in [0.3, 0.4) is 0 Å². The van der Waals surface area contributed by atoms with E-state index in [-0.39, 0.29) is 30.6 Å². The van der Waals surface area contributed by atoms with Crippen molar-refractivity contribution in [3.63, 3.8) is 0 Å². The summed E-state index contributed by atoms with van der Waals surface area (Å²) in [4.78, 5) is 22.8. The van der Waals surface area contributed by atoms with Gasteiger partial charge in [-0.2, -0.15) is 0 Å². The minimum absolute atomic E-state index is 0.0144. The summed E-state index contributed by atoms with van der Waals surface area (Å²) in [6.07, 6.45) is 1.59. The molecule has 17 heavy (non-hydrogen) atoms. The summed E-state index contributed by atoms with van der Waals surface area (Å²) in [6.45, 7) is 3.91. The summed E-state index contributed by atoms with van der Waals surface area (Å²) in [7, 11) is 0. The van der Waals surface area contributed by atoms with Crippen LogP contribution in [-0.2, 0) is 23.8 Å². The highest BCUT2D eigenvalue weighted by atomic mass is 16.6. The van der Waals surface area contributed by atoms with Gasteiger partial charge in [-0.25, -0.2) is 0 Å². The van der Waals surface area contributed by atoms with Gasteiger partial charge in [0.1, 0.15) is 17.6 Å². The molecule has 5 nitrogen and oxygen atoms in total. The molecule has 3 fully saturated rings. The van der Waals surface area contributed by atoms with Gasteiger partial charge in [0, 0.05) is 12.8 Å². The van der Waals surface area contributed by atoms with Gasteiger partial charge in [-0.3, -0.25) is 9.59 Å². The zero-order valence-electron chi connectivity index (χ0n) is 10.0. The SMILES string of the molecule is CC(=O)OC[C@]12CC[C@H](O1)[C@]1(C)C(=O)OC[C@H]21. The van der Waals surface area contributed by atoms with E-state index in [4.69, 9.17) is 14.2 Å². The Kier molecular flexibility index (Phi) is 2.09. The first-order valence-electron chi connectivity index (χ1n) is 5.97. The Balaban J connectivity index is 1.88. The van der Waals surface area contributed by atoms with Crippen molar-refractivity contribution in [1.82, 2.24) is 0 Å². The number of rotatable bonds is 2. The highest BCUT2D eigenvalue weighted by Gasteiger charge is 2.72. The highest BCUT2D eigenvalue weighted by Crippen LogP contribution is 2.60. The van der Waals surface area contributed by atoms with Crippen LogP contribution in [0, 0.1) is 11.3 Å². The first-order chi connectivity index (χ1) is 7.99. The van der Waals surface area contributed by atoms with E-state index in [2.05, 4.69) is 0 Å². The fourth-order valence-corrected chi connectivity index (χ4v) is 3.57. The quantitative estimate of drug-likeness (QED) is 0.663. The number of hydrogen-bond acceptors (Lipinski definition) is 5. The Morgan fingerprint density at radius 2 is 2.35 bits per heavy atom. The normalized spacial score (nSPS) is 46.8. The highest BCUT2D eigenvalue weighted by molar-refractivity contribution is 5.81. The van der Waals surface area contributed by atoms with E-state index in [0.29, 0.717) is 6.61 Å². The monoisotopic (exact) mass is 240 g/mol. The molecular weight excluding hydrogens is 224 g/mol. The molecule has 0 aromatic rings. The third-order valence-electron chi connectivity index (χ3n) is 4.58. The van der Waals surface area contributed by atoms with Crippen molar-refractivity contribution in [3.8, 4) is 0 Å². The van der Waals surface area contributed by atoms with Crippen LogP contribution >= 0.6 is 0 Å². The summed E-state index contributed by atoms with van der Waals surface area (Å²) >= 11 is 0. The third-order valence-corrected chi connectivity index (χ3v) is 4.58. The van der Waals surface area contributed by atoms with Crippen molar-refractivity contribution >= 4 is 11.9 Å². The first kappa shape index (κ1) is 11.0. The second kappa shape index (κ2) is 3.22. The largest absolute Gasteiger partial charge is 0.465 e. The van der Waals surface area contributed by atoms with Gasteiger partial charge in [0.2, 0.25) is 0 Å². The maximum Gasteiger partial charge on any atom is 0.314 e. The topological polar surface area (TPSA) is 61.8 Å². The molecule has 0 unspecified atom stereocenters. The van der Waals surface area contributed by atoms with E-state index >= 15 is 0 Å². The molecule has 3 heterocycles. The van der Waals surface area contributed by atoms with Crippen LogP contribution in [0.2, 0.25) is 0 Å². The average Bonchev–Trinajstić information content (AvgIpc) is 2.88. The molecule has 0 N–H and O–H groups in total. The molecule has 2 bridgehead atoms. The summed E-state index contributed by atoms with van der Waals surface area (Å²) in [5.74, 6) is -0.470. The summed E-state index contributed by atoms with van der Waals surface area (Å²) < 4.78 is 16.3. The van der Waals surface area contributed by atoms with E-state index in [1.807, 2.05) is 6.92 Å². The second-order valence-electron chi connectivity index (χ2n) is 5.42. The van der Waals surface area contributed by atoms with Gasteiger partial charge in [0.25, 0.3) is 0 Å². The van der Waals surface area contributed by atoms with Crippen LogP contribution in [-0.4, -0.2) is 36.9 Å². The Hall–Kier alpha value is -1.10. The molecule has 0 aromatic heterocycles. The molecular formula is C12H16O5. The van der Waals surface area contributed by atoms with Crippen LogP contribution < -0.4 is 0 Å². The van der Waals surface area contributed by atoms with E-state index < -0.39 is 11.0 Å². The molecule has 94 valence electrons. The second-order valence-corrected chi connectivity index (χ2v) is 5.42. The lowest BCUT2D eigenvalue weighted by Gasteiger charge is -2.34. The molecule has 3 saturated heterocycles. The average molecular weight is 240 g/mol. The van der Waals surface area contributed by atoms with Crippen LogP contribution in [0.4, 0.5) is 0 Å². The maximum absolute atomic E-state index is 11.8. The lowest BCUT2D eigenvalue weighted by Crippen LogP contribution is -2.47. The van der Waals surface area contributed by atoms with Crippen molar-refractivity contribution in [3.05, 3.63) is 0 Å². The predicted molar refractivity (Wildman–Crippen MR) is 56.0 cm³/mol. The Bertz CT molecular complexity index is 392. The fraction of sp³-hybridized carbons (Fsp3) is 0.833. The fourth-order valence-electron chi connectivity index (χ4n) is 3.57. The van der Waals surface area contributed by atoms with Crippen molar-refractivity contribution < 1.29 is 23.8 Å². The van der Waals surface area contributed by atoms with Gasteiger partial charge in [0.15, 0.2) is 0 Å². The van der Waals surface area contributed by atoms with Gasteiger partial charge in [-0.05, 0) is 19.8 Å². The summed E-state index contributed by atoms with van der Waals surface area (Å²) in [6, 6.07) is 0.